The summed E-state index contributed by atoms with van der Waals surface area (Å²) >= 11 is 0. The molecule has 8 nitrogen and oxygen atoms in total. The Morgan fingerprint density at radius 3 is 2.62 bits per heavy atom. The molecule has 1 saturated carbocycles. The fraction of sp³-hybridized carbons (Fsp3) is 0.483. The van der Waals surface area contributed by atoms with Gasteiger partial charge in [0.25, 0.3) is 0 Å². The number of halogens is 2. The van der Waals surface area contributed by atoms with Gasteiger partial charge in [0.15, 0.2) is 11.6 Å². The van der Waals surface area contributed by atoms with E-state index in [-0.39, 0.29) is 11.2 Å². The second-order valence-corrected chi connectivity index (χ2v) is 17.9. The Bertz CT molecular complexity index is 1420. The molecular formula is C29H37F2N5O3Si. The molecule has 214 valence electrons. The SMILES string of the molecule is Cc1nn(COCC[Si](C)(C)C)c(C)c1-c1ccc(NC(=O)[C@@H](N)C2c3cc(F)c(F)cc3OCC23CC3)cn1. The number of anilines is 1. The molecular weight excluding hydrogens is 532 g/mol. The van der Waals surface area contributed by atoms with Gasteiger partial charge in [0.2, 0.25) is 5.91 Å². The van der Waals surface area contributed by atoms with Crippen LogP contribution in [0.4, 0.5) is 14.5 Å². The Hall–Kier alpha value is -3.15. The lowest BCUT2D eigenvalue weighted by Gasteiger charge is -2.37. The third kappa shape index (κ3) is 5.68. The molecule has 2 atom stereocenters. The first-order valence-electron chi connectivity index (χ1n) is 13.6. The Kier molecular flexibility index (Phi) is 7.58. The lowest BCUT2D eigenvalue weighted by molar-refractivity contribution is -0.118. The van der Waals surface area contributed by atoms with Gasteiger partial charge in [-0.15, -0.1) is 0 Å². The Morgan fingerprint density at radius 1 is 1.25 bits per heavy atom. The lowest BCUT2D eigenvalue weighted by atomic mass is 9.76. The third-order valence-electron chi connectivity index (χ3n) is 8.00. The fourth-order valence-electron chi connectivity index (χ4n) is 5.46. The highest BCUT2D eigenvalue weighted by Crippen LogP contribution is 2.61. The molecule has 1 unspecified atom stereocenters. The number of fused-ring (bicyclic) bond motifs is 1. The number of nitrogens with two attached hydrogens (primary N) is 1. The summed E-state index contributed by atoms with van der Waals surface area (Å²) < 4.78 is 41.4. The first kappa shape index (κ1) is 28.4. The molecule has 40 heavy (non-hydrogen) atoms. The van der Waals surface area contributed by atoms with Gasteiger partial charge in [-0.2, -0.15) is 5.10 Å². The van der Waals surface area contributed by atoms with E-state index in [1.807, 2.05) is 24.6 Å². The van der Waals surface area contributed by atoms with Crippen LogP contribution in [0.1, 0.15) is 35.7 Å². The minimum atomic E-state index is -1.16. The second-order valence-electron chi connectivity index (χ2n) is 12.3. The van der Waals surface area contributed by atoms with Crippen molar-refractivity contribution in [2.75, 3.05) is 18.5 Å². The van der Waals surface area contributed by atoms with Gasteiger partial charge in [-0.05, 0) is 50.9 Å². The summed E-state index contributed by atoms with van der Waals surface area (Å²) in [6.45, 7) is 12.3. The normalized spacial score (nSPS) is 18.2. The van der Waals surface area contributed by atoms with Crippen LogP contribution in [-0.4, -0.2) is 48.0 Å². The quantitative estimate of drug-likeness (QED) is 0.265. The number of benzene rings is 1. The summed E-state index contributed by atoms with van der Waals surface area (Å²) in [6.07, 6.45) is 3.20. The van der Waals surface area contributed by atoms with Gasteiger partial charge in [0, 0.05) is 48.9 Å². The van der Waals surface area contributed by atoms with E-state index in [1.54, 1.807) is 12.3 Å². The number of ether oxygens (including phenoxy) is 2. The van der Waals surface area contributed by atoms with Crippen molar-refractivity contribution in [2.45, 2.75) is 71.1 Å². The van der Waals surface area contributed by atoms with Crippen LogP contribution in [0.5, 0.6) is 5.75 Å². The average Bonchev–Trinajstić information content (AvgIpc) is 3.60. The minimum absolute atomic E-state index is 0.239. The number of carbonyl (C=O) groups is 1. The van der Waals surface area contributed by atoms with Crippen LogP contribution in [-0.2, 0) is 16.3 Å². The summed E-state index contributed by atoms with van der Waals surface area (Å²) in [6, 6.07) is 5.87. The number of hydrogen-bond donors (Lipinski definition) is 2. The van der Waals surface area contributed by atoms with Crippen LogP contribution in [0.3, 0.4) is 0 Å². The fourth-order valence-corrected chi connectivity index (χ4v) is 6.22. The minimum Gasteiger partial charge on any atom is -0.493 e. The number of aryl methyl sites for hydroxylation is 1. The van der Waals surface area contributed by atoms with Crippen molar-refractivity contribution in [1.82, 2.24) is 14.8 Å². The molecule has 0 radical (unpaired) electrons. The van der Waals surface area contributed by atoms with E-state index in [4.69, 9.17) is 15.2 Å². The molecule has 1 aliphatic heterocycles. The molecule has 1 amide bonds. The molecule has 5 rings (SSSR count). The Balaban J connectivity index is 1.28. The smallest absolute Gasteiger partial charge is 0.241 e. The Morgan fingerprint density at radius 2 is 1.98 bits per heavy atom. The molecule has 3 N–H and O–H groups in total. The average molecular weight is 570 g/mol. The second kappa shape index (κ2) is 10.7. The largest absolute Gasteiger partial charge is 0.493 e. The van der Waals surface area contributed by atoms with Crippen molar-refractivity contribution in [3.05, 3.63) is 59.0 Å². The zero-order valence-corrected chi connectivity index (χ0v) is 24.7. The summed E-state index contributed by atoms with van der Waals surface area (Å²) in [5.41, 5.74) is 10.5. The van der Waals surface area contributed by atoms with Crippen LogP contribution >= 0.6 is 0 Å². The number of nitrogens with one attached hydrogen (secondary N) is 1. The maximum Gasteiger partial charge on any atom is 0.241 e. The van der Waals surface area contributed by atoms with Gasteiger partial charge < -0.3 is 20.5 Å². The molecule has 1 spiro atoms. The highest BCUT2D eigenvalue weighted by Gasteiger charge is 2.57. The van der Waals surface area contributed by atoms with Crippen molar-refractivity contribution >= 4 is 19.7 Å². The van der Waals surface area contributed by atoms with Crippen LogP contribution in [0.2, 0.25) is 25.7 Å². The van der Waals surface area contributed by atoms with E-state index in [0.717, 1.165) is 53.7 Å². The summed E-state index contributed by atoms with van der Waals surface area (Å²) in [4.78, 5) is 17.8. The first-order chi connectivity index (χ1) is 18.9. The van der Waals surface area contributed by atoms with Crippen LogP contribution in [0.15, 0.2) is 30.5 Å². The van der Waals surface area contributed by atoms with Crippen molar-refractivity contribution in [3.8, 4) is 17.0 Å². The summed E-state index contributed by atoms with van der Waals surface area (Å²) in [7, 11) is -1.16. The molecule has 0 bridgehead atoms. The monoisotopic (exact) mass is 569 g/mol. The highest BCUT2D eigenvalue weighted by atomic mass is 28.3. The van der Waals surface area contributed by atoms with E-state index in [1.165, 1.54) is 0 Å². The van der Waals surface area contributed by atoms with E-state index in [2.05, 4.69) is 35.0 Å². The van der Waals surface area contributed by atoms with Crippen LogP contribution < -0.4 is 15.8 Å². The van der Waals surface area contributed by atoms with Crippen molar-refractivity contribution in [3.63, 3.8) is 0 Å². The molecule has 1 aliphatic carbocycles. The predicted octanol–water partition coefficient (Wildman–Crippen LogP) is 5.37. The van der Waals surface area contributed by atoms with Crippen LogP contribution in [0.25, 0.3) is 11.3 Å². The number of aromatic nitrogens is 3. The van der Waals surface area contributed by atoms with Gasteiger partial charge in [0.1, 0.15) is 12.5 Å². The maximum absolute atomic E-state index is 14.1. The maximum atomic E-state index is 14.1. The number of pyridine rings is 1. The van der Waals surface area contributed by atoms with Crippen molar-refractivity contribution in [2.24, 2.45) is 11.1 Å². The Labute approximate surface area is 234 Å². The number of hydrogen-bond acceptors (Lipinski definition) is 6. The molecule has 3 aromatic rings. The standard InChI is InChI=1S/C29H37F2N5O3Si/c1-17-25(18(2)36(35-17)16-38-10-11-40(3,4)5)23-7-6-19(14-33-23)34-28(37)27(32)26-20-12-21(30)22(31)13-24(20)39-15-29(26)8-9-29/h6-7,12-14,26-27H,8-11,15-16,32H2,1-5H3,(H,34,37)/t26?,27-/m0/s1. The van der Waals surface area contributed by atoms with Crippen LogP contribution in [0, 0.1) is 30.9 Å². The van der Waals surface area contributed by atoms with E-state index >= 15 is 0 Å². The number of amides is 1. The predicted molar refractivity (Wildman–Crippen MR) is 152 cm³/mol. The van der Waals surface area contributed by atoms with E-state index in [0.29, 0.717) is 31.2 Å². The number of rotatable bonds is 9. The van der Waals surface area contributed by atoms with Gasteiger partial charge in [-0.3, -0.25) is 9.78 Å². The molecule has 1 fully saturated rings. The third-order valence-corrected chi connectivity index (χ3v) is 9.70. The first-order valence-corrected chi connectivity index (χ1v) is 17.4. The lowest BCUT2D eigenvalue weighted by Crippen LogP contribution is -2.47. The zero-order chi connectivity index (χ0) is 28.8. The highest BCUT2D eigenvalue weighted by molar-refractivity contribution is 6.76. The van der Waals surface area contributed by atoms with Gasteiger partial charge in [-0.1, -0.05) is 19.6 Å². The van der Waals surface area contributed by atoms with Gasteiger partial charge in [0.05, 0.1) is 35.9 Å². The number of nitrogens with zero attached hydrogens (tertiary/aromatic N) is 3. The molecule has 1 aromatic carbocycles. The van der Waals surface area contributed by atoms with Crippen molar-refractivity contribution in [1.29, 1.82) is 0 Å². The van der Waals surface area contributed by atoms with Gasteiger partial charge >= 0.3 is 0 Å². The van der Waals surface area contributed by atoms with Crippen molar-refractivity contribution < 1.29 is 23.0 Å². The summed E-state index contributed by atoms with van der Waals surface area (Å²) in [5.74, 6) is -2.63. The van der Waals surface area contributed by atoms with E-state index in [9.17, 15) is 13.6 Å². The molecule has 3 heterocycles. The molecule has 11 heteroatoms. The molecule has 2 aliphatic rings. The van der Waals surface area contributed by atoms with E-state index < -0.39 is 37.6 Å². The molecule has 0 saturated heterocycles. The summed E-state index contributed by atoms with van der Waals surface area (Å²) in [5, 5.41) is 7.48. The van der Waals surface area contributed by atoms with Gasteiger partial charge in [-0.25, -0.2) is 13.5 Å². The molecule has 2 aromatic heterocycles. The number of carbonyl (C=O) groups excluding carboxylic acids is 1. The zero-order valence-electron chi connectivity index (χ0n) is 23.7. The topological polar surface area (TPSA) is 104 Å².